The predicted molar refractivity (Wildman–Crippen MR) is 118 cm³/mol. The van der Waals surface area contributed by atoms with Gasteiger partial charge in [-0.3, -0.25) is 15.1 Å². The van der Waals surface area contributed by atoms with Crippen LogP contribution in [0.4, 0.5) is 11.4 Å². The standard InChI is InChI=1S/C20H13Br2ClN2O3/c21-15-9-14(11-24-17-5-7-18(8-6-17)25(26)27)20(19(22)10-15)28-12-13-1-3-16(23)4-2-13/h1-11H,12H2. The smallest absolute Gasteiger partial charge is 0.269 e. The van der Waals surface area contributed by atoms with Crippen LogP contribution >= 0.6 is 43.5 Å². The summed E-state index contributed by atoms with van der Waals surface area (Å²) in [6.45, 7) is 0.371. The number of non-ortho nitro benzene ring substituents is 1. The molecule has 0 aliphatic rings. The van der Waals surface area contributed by atoms with Gasteiger partial charge >= 0.3 is 0 Å². The summed E-state index contributed by atoms with van der Waals surface area (Å²) in [4.78, 5) is 14.7. The maximum Gasteiger partial charge on any atom is 0.269 e. The lowest BCUT2D eigenvalue weighted by molar-refractivity contribution is -0.384. The molecule has 28 heavy (non-hydrogen) atoms. The highest BCUT2D eigenvalue weighted by atomic mass is 79.9. The van der Waals surface area contributed by atoms with Crippen LogP contribution in [0.5, 0.6) is 5.75 Å². The Kier molecular flexibility index (Phi) is 6.83. The van der Waals surface area contributed by atoms with Crippen molar-refractivity contribution in [1.29, 1.82) is 0 Å². The summed E-state index contributed by atoms with van der Waals surface area (Å²) in [5.41, 5.74) is 2.37. The summed E-state index contributed by atoms with van der Waals surface area (Å²) in [6.07, 6.45) is 1.66. The van der Waals surface area contributed by atoms with E-state index in [1.807, 2.05) is 36.4 Å². The quantitative estimate of drug-likeness (QED) is 0.196. The molecule has 0 unspecified atom stereocenters. The molecule has 0 bridgehead atoms. The molecular weight excluding hydrogens is 511 g/mol. The molecule has 0 fully saturated rings. The lowest BCUT2D eigenvalue weighted by atomic mass is 10.2. The maximum absolute atomic E-state index is 10.8. The van der Waals surface area contributed by atoms with Crippen LogP contribution in [0.3, 0.4) is 0 Å². The molecule has 0 saturated carbocycles. The fourth-order valence-corrected chi connectivity index (χ4v) is 3.87. The van der Waals surface area contributed by atoms with Crippen LogP contribution in [-0.4, -0.2) is 11.1 Å². The van der Waals surface area contributed by atoms with Gasteiger partial charge < -0.3 is 4.74 Å². The van der Waals surface area contributed by atoms with E-state index >= 15 is 0 Å². The summed E-state index contributed by atoms with van der Waals surface area (Å²) in [5.74, 6) is 0.642. The second-order valence-corrected chi connectivity index (χ2v) is 7.96. The van der Waals surface area contributed by atoms with Gasteiger partial charge in [-0.25, -0.2) is 0 Å². The van der Waals surface area contributed by atoms with Gasteiger partial charge in [-0.05, 0) is 57.9 Å². The number of aliphatic imine (C=N–C) groups is 1. The third-order valence-electron chi connectivity index (χ3n) is 3.75. The largest absolute Gasteiger partial charge is 0.487 e. The third-order valence-corrected chi connectivity index (χ3v) is 5.05. The van der Waals surface area contributed by atoms with E-state index in [1.54, 1.807) is 18.3 Å². The Morgan fingerprint density at radius 2 is 1.75 bits per heavy atom. The van der Waals surface area contributed by atoms with E-state index in [0.29, 0.717) is 23.1 Å². The molecule has 3 aromatic rings. The second-order valence-electron chi connectivity index (χ2n) is 5.75. The topological polar surface area (TPSA) is 64.7 Å². The molecule has 0 atom stereocenters. The number of ether oxygens (including phenoxy) is 1. The Morgan fingerprint density at radius 1 is 1.07 bits per heavy atom. The highest BCUT2D eigenvalue weighted by Crippen LogP contribution is 2.33. The summed E-state index contributed by atoms with van der Waals surface area (Å²) in [5, 5.41) is 11.4. The lowest BCUT2D eigenvalue weighted by Crippen LogP contribution is -1.99. The Hall–Kier alpha value is -2.22. The molecule has 0 aliphatic carbocycles. The van der Waals surface area contributed by atoms with Crippen molar-refractivity contribution in [2.24, 2.45) is 4.99 Å². The summed E-state index contributed by atoms with van der Waals surface area (Å²) >= 11 is 12.9. The molecule has 3 rings (SSSR count). The van der Waals surface area contributed by atoms with E-state index in [0.717, 1.165) is 20.1 Å². The highest BCUT2D eigenvalue weighted by molar-refractivity contribution is 9.11. The van der Waals surface area contributed by atoms with Gasteiger partial charge in [0.15, 0.2) is 0 Å². The van der Waals surface area contributed by atoms with E-state index in [1.165, 1.54) is 12.1 Å². The zero-order chi connectivity index (χ0) is 20.1. The number of benzene rings is 3. The summed E-state index contributed by atoms with van der Waals surface area (Å²) in [6, 6.07) is 17.2. The Labute approximate surface area is 183 Å². The van der Waals surface area contributed by atoms with Gasteiger partial charge in [0.25, 0.3) is 5.69 Å². The van der Waals surface area contributed by atoms with Crippen LogP contribution in [-0.2, 0) is 6.61 Å². The molecule has 0 saturated heterocycles. The van der Waals surface area contributed by atoms with Crippen LogP contribution in [0, 0.1) is 10.1 Å². The molecule has 0 radical (unpaired) electrons. The first kappa shape index (κ1) is 20.5. The molecule has 0 amide bonds. The zero-order valence-electron chi connectivity index (χ0n) is 14.3. The predicted octanol–water partition coefficient (Wildman–Crippen LogP) is 7.10. The molecule has 5 nitrogen and oxygen atoms in total. The number of hydrogen-bond donors (Lipinski definition) is 0. The number of hydrogen-bond acceptors (Lipinski definition) is 4. The molecule has 0 heterocycles. The Balaban J connectivity index is 1.83. The molecular formula is C20H13Br2ClN2O3. The van der Waals surface area contributed by atoms with E-state index in [4.69, 9.17) is 16.3 Å². The zero-order valence-corrected chi connectivity index (χ0v) is 18.2. The highest BCUT2D eigenvalue weighted by Gasteiger charge is 2.10. The first-order valence-corrected chi connectivity index (χ1v) is 10.0. The van der Waals surface area contributed by atoms with Gasteiger partial charge in [0.1, 0.15) is 12.4 Å². The van der Waals surface area contributed by atoms with Crippen LogP contribution in [0.15, 0.2) is 74.6 Å². The third kappa shape index (κ3) is 5.41. The van der Waals surface area contributed by atoms with Crippen molar-refractivity contribution in [3.05, 3.63) is 95.9 Å². The fraction of sp³-hybridized carbons (Fsp3) is 0.0500. The normalized spacial score (nSPS) is 11.0. The van der Waals surface area contributed by atoms with Crippen molar-refractivity contribution in [2.45, 2.75) is 6.61 Å². The Bertz CT molecular complexity index is 1020. The fourth-order valence-electron chi connectivity index (χ4n) is 2.37. The van der Waals surface area contributed by atoms with Gasteiger partial charge in [0.05, 0.1) is 15.1 Å². The SMILES string of the molecule is O=[N+]([O-])c1ccc(N=Cc2cc(Br)cc(Br)c2OCc2ccc(Cl)cc2)cc1. The van der Waals surface area contributed by atoms with Crippen LogP contribution < -0.4 is 4.74 Å². The van der Waals surface area contributed by atoms with Crippen molar-refractivity contribution < 1.29 is 9.66 Å². The Morgan fingerprint density at radius 3 is 2.39 bits per heavy atom. The maximum atomic E-state index is 10.8. The van der Waals surface area contributed by atoms with Crippen molar-refractivity contribution in [3.8, 4) is 5.75 Å². The minimum atomic E-state index is -0.443. The lowest BCUT2D eigenvalue weighted by Gasteiger charge is -2.12. The van der Waals surface area contributed by atoms with Gasteiger partial charge in [0.2, 0.25) is 0 Å². The van der Waals surface area contributed by atoms with Crippen LogP contribution in [0.2, 0.25) is 5.02 Å². The van der Waals surface area contributed by atoms with Crippen LogP contribution in [0.1, 0.15) is 11.1 Å². The molecule has 0 aromatic heterocycles. The van der Waals surface area contributed by atoms with Gasteiger partial charge in [-0.2, -0.15) is 0 Å². The first-order chi connectivity index (χ1) is 13.4. The van der Waals surface area contributed by atoms with Gasteiger partial charge in [-0.15, -0.1) is 0 Å². The van der Waals surface area contributed by atoms with Crippen LogP contribution in [0.25, 0.3) is 0 Å². The molecule has 8 heteroatoms. The van der Waals surface area contributed by atoms with Crippen molar-refractivity contribution in [3.63, 3.8) is 0 Å². The minimum Gasteiger partial charge on any atom is -0.487 e. The number of nitro benzene ring substituents is 1. The van der Waals surface area contributed by atoms with E-state index in [9.17, 15) is 10.1 Å². The molecule has 0 aliphatic heterocycles. The monoisotopic (exact) mass is 522 g/mol. The first-order valence-electron chi connectivity index (χ1n) is 8.07. The number of nitrogens with zero attached hydrogens (tertiary/aromatic N) is 2. The summed E-state index contributed by atoms with van der Waals surface area (Å²) in [7, 11) is 0. The molecule has 0 N–H and O–H groups in total. The second kappa shape index (κ2) is 9.32. The van der Waals surface area contributed by atoms with Crippen molar-refractivity contribution in [1.82, 2.24) is 0 Å². The average Bonchev–Trinajstić information content (AvgIpc) is 2.67. The molecule has 142 valence electrons. The van der Waals surface area contributed by atoms with Crippen molar-refractivity contribution >= 4 is 61.1 Å². The van der Waals surface area contributed by atoms with E-state index < -0.39 is 4.92 Å². The molecule has 3 aromatic carbocycles. The summed E-state index contributed by atoms with van der Waals surface area (Å²) < 4.78 is 7.64. The minimum absolute atomic E-state index is 0.0242. The van der Waals surface area contributed by atoms with Gasteiger partial charge in [0, 0.05) is 33.4 Å². The number of halogens is 3. The van der Waals surface area contributed by atoms with E-state index in [-0.39, 0.29) is 5.69 Å². The number of nitro groups is 1. The number of rotatable bonds is 6. The van der Waals surface area contributed by atoms with Crippen molar-refractivity contribution in [2.75, 3.05) is 0 Å². The average molecular weight is 525 g/mol. The van der Waals surface area contributed by atoms with Gasteiger partial charge in [-0.1, -0.05) is 39.7 Å². The molecule has 0 spiro atoms. The van der Waals surface area contributed by atoms with E-state index in [2.05, 4.69) is 36.9 Å².